The van der Waals surface area contributed by atoms with Gasteiger partial charge in [-0.15, -0.1) is 0 Å². The second-order valence-electron chi connectivity index (χ2n) is 5.77. The van der Waals surface area contributed by atoms with E-state index in [2.05, 4.69) is 41.3 Å². The van der Waals surface area contributed by atoms with Crippen LogP contribution in [0.3, 0.4) is 0 Å². The zero-order chi connectivity index (χ0) is 14.9. The van der Waals surface area contributed by atoms with Crippen molar-refractivity contribution in [1.82, 2.24) is 0 Å². The highest BCUT2D eigenvalue weighted by Gasteiger charge is 2.27. The van der Waals surface area contributed by atoms with E-state index in [1.54, 1.807) is 0 Å². The van der Waals surface area contributed by atoms with E-state index in [1.807, 2.05) is 0 Å². The van der Waals surface area contributed by atoms with Gasteiger partial charge in [0, 0.05) is 8.07 Å². The number of carbonyl (C=O) groups is 2. The van der Waals surface area contributed by atoms with Crippen molar-refractivity contribution >= 4 is 20.0 Å². The van der Waals surface area contributed by atoms with Gasteiger partial charge in [-0.05, 0) is 25.3 Å². The molecule has 0 aliphatic carbocycles. The van der Waals surface area contributed by atoms with Crippen LogP contribution in [0.5, 0.6) is 0 Å². The normalized spacial score (nSPS) is 11.9. The van der Waals surface area contributed by atoms with Crippen molar-refractivity contribution < 1.29 is 19.1 Å². The quantitative estimate of drug-likeness (QED) is 0.226. The van der Waals surface area contributed by atoms with Gasteiger partial charge in [0.1, 0.15) is 0 Å². The molecule has 0 saturated heterocycles. The lowest BCUT2D eigenvalue weighted by Crippen LogP contribution is -2.26. The minimum absolute atomic E-state index is 0.469. The Labute approximate surface area is 117 Å². The largest absolute Gasteiger partial charge is 0.468 e. The van der Waals surface area contributed by atoms with Gasteiger partial charge in [-0.25, -0.2) is 0 Å². The molecule has 0 N–H and O–H groups in total. The molecule has 19 heavy (non-hydrogen) atoms. The van der Waals surface area contributed by atoms with Crippen LogP contribution >= 0.6 is 0 Å². The molecule has 0 aliphatic heterocycles. The molecule has 0 bridgehead atoms. The molecule has 5 heteroatoms. The van der Waals surface area contributed by atoms with Crippen LogP contribution in [-0.4, -0.2) is 34.2 Å². The summed E-state index contributed by atoms with van der Waals surface area (Å²) in [7, 11) is 1.55. The number of unbranched alkanes of at least 4 members (excludes halogenated alkanes) is 1. The Morgan fingerprint density at radius 2 is 1.58 bits per heavy atom. The van der Waals surface area contributed by atoms with Gasteiger partial charge in [0.25, 0.3) is 0 Å². The van der Waals surface area contributed by atoms with E-state index in [0.717, 1.165) is 18.9 Å². The molecular weight excluding hydrogens is 260 g/mol. The fraction of sp³-hybridized carbons (Fsp3) is 0.714. The number of methoxy groups -OCH3 is 2. The monoisotopic (exact) mass is 286 g/mol. The highest BCUT2D eigenvalue weighted by Crippen LogP contribution is 2.14. The fourth-order valence-corrected chi connectivity index (χ4v) is 2.48. The van der Waals surface area contributed by atoms with E-state index in [-0.39, 0.29) is 0 Å². The highest BCUT2D eigenvalue weighted by molar-refractivity contribution is 6.76. The van der Waals surface area contributed by atoms with E-state index in [1.165, 1.54) is 14.2 Å². The van der Waals surface area contributed by atoms with Crippen molar-refractivity contribution in [2.45, 2.75) is 44.9 Å². The lowest BCUT2D eigenvalue weighted by atomic mass is 10.0. The van der Waals surface area contributed by atoms with Crippen LogP contribution in [0.4, 0.5) is 0 Å². The number of hydrogen-bond donors (Lipinski definition) is 0. The average Bonchev–Trinajstić information content (AvgIpc) is 2.35. The maximum absolute atomic E-state index is 11.4. The second kappa shape index (κ2) is 8.91. The van der Waals surface area contributed by atoms with E-state index in [4.69, 9.17) is 0 Å². The zero-order valence-corrected chi connectivity index (χ0v) is 13.7. The molecule has 0 atom stereocenters. The molecule has 0 fully saturated rings. The summed E-state index contributed by atoms with van der Waals surface area (Å²) in [6.45, 7) is 6.96. The van der Waals surface area contributed by atoms with Crippen LogP contribution in [-0.2, 0) is 19.1 Å². The summed E-state index contributed by atoms with van der Waals surface area (Å²) in [5, 5.41) is 0. The Morgan fingerprint density at radius 1 is 1.05 bits per heavy atom. The Bertz CT molecular complexity index is 302. The van der Waals surface area contributed by atoms with Crippen molar-refractivity contribution in [1.29, 1.82) is 0 Å². The van der Waals surface area contributed by atoms with Crippen molar-refractivity contribution in [2.24, 2.45) is 5.92 Å². The van der Waals surface area contributed by atoms with Crippen molar-refractivity contribution in [3.05, 3.63) is 12.2 Å². The van der Waals surface area contributed by atoms with Crippen LogP contribution in [0.1, 0.15) is 19.3 Å². The Hall–Kier alpha value is -1.10. The van der Waals surface area contributed by atoms with Gasteiger partial charge in [0.05, 0.1) is 14.2 Å². The molecule has 0 heterocycles. The standard InChI is InChI=1S/C14H26O4Si/c1-17-13(15)12(14(16)18-2)10-8-6-7-9-11-19(3,4)5/h7,9,12H,6,8,10-11H2,1-5H3/b9-7+. The molecule has 0 rings (SSSR count). The van der Waals surface area contributed by atoms with Crippen LogP contribution in [0.2, 0.25) is 25.7 Å². The van der Waals surface area contributed by atoms with Gasteiger partial charge in [0.15, 0.2) is 5.92 Å². The molecule has 0 amide bonds. The molecule has 0 aliphatic rings. The van der Waals surface area contributed by atoms with Crippen LogP contribution in [0.25, 0.3) is 0 Å². The van der Waals surface area contributed by atoms with Crippen molar-refractivity contribution in [3.63, 3.8) is 0 Å². The number of ether oxygens (including phenoxy) is 2. The summed E-state index contributed by atoms with van der Waals surface area (Å²) >= 11 is 0. The number of hydrogen-bond acceptors (Lipinski definition) is 4. The third-order valence-electron chi connectivity index (χ3n) is 2.73. The summed E-state index contributed by atoms with van der Waals surface area (Å²) < 4.78 is 9.21. The Kier molecular flexibility index (Phi) is 8.39. The predicted octanol–water partition coefficient (Wildman–Crippen LogP) is 3.01. The maximum Gasteiger partial charge on any atom is 0.320 e. The van der Waals surface area contributed by atoms with E-state index in [0.29, 0.717) is 6.42 Å². The van der Waals surface area contributed by atoms with Crippen molar-refractivity contribution in [3.8, 4) is 0 Å². The third kappa shape index (κ3) is 8.59. The first-order chi connectivity index (χ1) is 8.81. The van der Waals surface area contributed by atoms with Gasteiger partial charge in [-0.2, -0.15) is 0 Å². The summed E-state index contributed by atoms with van der Waals surface area (Å²) in [4.78, 5) is 22.9. The summed E-state index contributed by atoms with van der Waals surface area (Å²) in [6.07, 6.45) is 6.45. The SMILES string of the molecule is COC(=O)C(CCC/C=C/C[Si](C)(C)C)C(=O)OC. The first kappa shape index (κ1) is 17.9. The minimum Gasteiger partial charge on any atom is -0.468 e. The molecule has 0 spiro atoms. The van der Waals surface area contributed by atoms with Crippen LogP contribution < -0.4 is 0 Å². The van der Waals surface area contributed by atoms with Crippen LogP contribution in [0, 0.1) is 5.92 Å². The molecular formula is C14H26O4Si. The third-order valence-corrected chi connectivity index (χ3v) is 4.19. The lowest BCUT2D eigenvalue weighted by molar-refractivity contribution is -0.159. The number of rotatable bonds is 8. The molecule has 0 saturated carbocycles. The van der Waals surface area contributed by atoms with Gasteiger partial charge in [-0.3, -0.25) is 9.59 Å². The zero-order valence-electron chi connectivity index (χ0n) is 12.7. The minimum atomic E-state index is -1.02. The summed E-state index contributed by atoms with van der Waals surface area (Å²) in [5.41, 5.74) is 0. The first-order valence-electron chi connectivity index (χ1n) is 6.62. The smallest absolute Gasteiger partial charge is 0.320 e. The lowest BCUT2D eigenvalue weighted by Gasteiger charge is -2.12. The van der Waals surface area contributed by atoms with Crippen molar-refractivity contribution in [2.75, 3.05) is 14.2 Å². The first-order valence-corrected chi connectivity index (χ1v) is 10.3. The molecule has 110 valence electrons. The molecule has 0 aromatic carbocycles. The van der Waals surface area contributed by atoms with Gasteiger partial charge in [-0.1, -0.05) is 31.8 Å². The highest BCUT2D eigenvalue weighted by atomic mass is 28.3. The summed E-state index contributed by atoms with van der Waals surface area (Å²) in [5.74, 6) is -1.82. The van der Waals surface area contributed by atoms with E-state index in [9.17, 15) is 9.59 Å². The number of allylic oxidation sites excluding steroid dienone is 2. The predicted molar refractivity (Wildman–Crippen MR) is 78.7 cm³/mol. The Balaban J connectivity index is 4.07. The second-order valence-corrected chi connectivity index (χ2v) is 11.3. The number of carbonyl (C=O) groups excluding carboxylic acids is 2. The van der Waals surface area contributed by atoms with Gasteiger partial charge >= 0.3 is 11.9 Å². The molecule has 4 nitrogen and oxygen atoms in total. The van der Waals surface area contributed by atoms with Gasteiger partial charge in [0.2, 0.25) is 0 Å². The maximum atomic E-state index is 11.4. The van der Waals surface area contributed by atoms with E-state index >= 15 is 0 Å². The van der Waals surface area contributed by atoms with Crippen LogP contribution in [0.15, 0.2) is 12.2 Å². The molecule has 0 aromatic heterocycles. The van der Waals surface area contributed by atoms with E-state index < -0.39 is 25.9 Å². The molecule has 0 aromatic rings. The topological polar surface area (TPSA) is 52.6 Å². The summed E-state index contributed by atoms with van der Waals surface area (Å²) in [6, 6.07) is 1.16. The average molecular weight is 286 g/mol. The van der Waals surface area contributed by atoms with Gasteiger partial charge < -0.3 is 9.47 Å². The number of esters is 2. The molecule has 0 unspecified atom stereocenters. The fourth-order valence-electron chi connectivity index (χ4n) is 1.61. The Morgan fingerprint density at radius 3 is 2.00 bits per heavy atom. The molecule has 0 radical (unpaired) electrons.